The minimum atomic E-state index is -0.208. The molecule has 5 aromatic rings. The highest BCUT2D eigenvalue weighted by Gasteiger charge is 2.26. The highest BCUT2D eigenvalue weighted by Crippen LogP contribution is 2.39. The number of nitrogens with zero attached hydrogens (tertiary/aromatic N) is 7. The average Bonchev–Trinajstić information content (AvgIpc) is 3.29. The summed E-state index contributed by atoms with van der Waals surface area (Å²) >= 11 is 0. The molecule has 1 aromatic carbocycles. The van der Waals surface area contributed by atoms with Crippen LogP contribution < -0.4 is 10.9 Å². The Morgan fingerprint density at radius 3 is 2.86 bits per heavy atom. The first-order valence-electron chi connectivity index (χ1n) is 12.0. The summed E-state index contributed by atoms with van der Waals surface area (Å²) in [4.78, 5) is 27.4. The summed E-state index contributed by atoms with van der Waals surface area (Å²) in [6.45, 7) is 1.91. The number of hydrogen-bond acceptors (Lipinski definition) is 6. The largest absolute Gasteiger partial charge is 0.325 e. The Bertz CT molecular complexity index is 1600. The maximum atomic E-state index is 13.5. The van der Waals surface area contributed by atoms with Crippen LogP contribution in [0.4, 0.5) is 0 Å². The molecule has 1 N–H and O–H groups in total. The number of rotatable bonds is 5. The minimum absolute atomic E-state index is 0.208. The molecule has 174 valence electrons. The molecule has 5 heterocycles. The highest BCUT2D eigenvalue weighted by molar-refractivity contribution is 5.83. The van der Waals surface area contributed by atoms with Gasteiger partial charge < -0.3 is 14.5 Å². The summed E-state index contributed by atoms with van der Waals surface area (Å²) in [6.07, 6.45) is 12.8. The van der Waals surface area contributed by atoms with E-state index in [0.717, 1.165) is 42.1 Å². The van der Waals surface area contributed by atoms with E-state index in [9.17, 15) is 4.79 Å². The van der Waals surface area contributed by atoms with Gasteiger partial charge in [-0.1, -0.05) is 12.1 Å². The van der Waals surface area contributed by atoms with Gasteiger partial charge in [0.2, 0.25) is 0 Å². The lowest BCUT2D eigenvalue weighted by atomic mass is 10.2. The SMILES string of the molecule is O=c1c2cc(-n3cnc(C4CC4)c3)ccc2cnn1-c1cccc(-c2nccn2C2CCNC2)n1. The number of imidazole rings is 2. The molecular weight excluding hydrogens is 440 g/mol. The van der Waals surface area contributed by atoms with Gasteiger partial charge in [-0.15, -0.1) is 0 Å². The molecule has 1 saturated heterocycles. The monoisotopic (exact) mass is 464 g/mol. The van der Waals surface area contributed by atoms with Crippen LogP contribution in [0.15, 0.2) is 72.3 Å². The molecule has 7 rings (SSSR count). The number of aromatic nitrogens is 7. The van der Waals surface area contributed by atoms with Crippen molar-refractivity contribution in [2.75, 3.05) is 13.1 Å². The van der Waals surface area contributed by atoms with Crippen molar-refractivity contribution in [1.82, 2.24) is 39.2 Å². The Morgan fingerprint density at radius 1 is 1.06 bits per heavy atom. The molecule has 9 heteroatoms. The molecule has 2 aliphatic rings. The second-order valence-electron chi connectivity index (χ2n) is 9.30. The fraction of sp³-hybridized carbons (Fsp3) is 0.269. The number of fused-ring (bicyclic) bond motifs is 1. The van der Waals surface area contributed by atoms with Crippen molar-refractivity contribution < 1.29 is 0 Å². The second kappa shape index (κ2) is 7.99. The molecule has 0 bridgehead atoms. The van der Waals surface area contributed by atoms with E-state index in [-0.39, 0.29) is 5.56 Å². The lowest BCUT2D eigenvalue weighted by Crippen LogP contribution is -2.22. The first kappa shape index (κ1) is 20.3. The van der Waals surface area contributed by atoms with Gasteiger partial charge in [-0.2, -0.15) is 9.78 Å². The smallest absolute Gasteiger partial charge is 0.280 e. The van der Waals surface area contributed by atoms with E-state index in [0.29, 0.717) is 28.9 Å². The number of nitrogens with one attached hydrogen (secondary N) is 1. The van der Waals surface area contributed by atoms with Gasteiger partial charge in [0.1, 0.15) is 5.69 Å². The van der Waals surface area contributed by atoms with Crippen LogP contribution in [-0.4, -0.2) is 47.0 Å². The van der Waals surface area contributed by atoms with Gasteiger partial charge >= 0.3 is 0 Å². The maximum Gasteiger partial charge on any atom is 0.280 e. The van der Waals surface area contributed by atoms with Crippen LogP contribution in [0, 0.1) is 0 Å². The molecule has 1 aliphatic heterocycles. The van der Waals surface area contributed by atoms with E-state index in [4.69, 9.17) is 4.98 Å². The Labute approximate surface area is 201 Å². The lowest BCUT2D eigenvalue weighted by molar-refractivity contribution is 0.551. The van der Waals surface area contributed by atoms with Crippen LogP contribution in [0.1, 0.15) is 36.9 Å². The van der Waals surface area contributed by atoms with E-state index in [2.05, 4.69) is 31.1 Å². The van der Waals surface area contributed by atoms with E-state index in [1.165, 1.54) is 17.5 Å². The van der Waals surface area contributed by atoms with Gasteiger partial charge in [0.05, 0.1) is 23.6 Å². The van der Waals surface area contributed by atoms with Gasteiger partial charge in [0.15, 0.2) is 11.6 Å². The third-order valence-corrected chi connectivity index (χ3v) is 6.95. The van der Waals surface area contributed by atoms with Crippen LogP contribution in [0.25, 0.3) is 33.8 Å². The molecule has 1 unspecified atom stereocenters. The molecule has 35 heavy (non-hydrogen) atoms. The van der Waals surface area contributed by atoms with E-state index >= 15 is 0 Å². The summed E-state index contributed by atoms with van der Waals surface area (Å²) in [6, 6.07) is 11.8. The number of benzene rings is 1. The fourth-order valence-corrected chi connectivity index (χ4v) is 4.87. The number of pyridine rings is 1. The van der Waals surface area contributed by atoms with Crippen LogP contribution in [0.3, 0.4) is 0 Å². The maximum absolute atomic E-state index is 13.5. The molecule has 2 fully saturated rings. The Morgan fingerprint density at radius 2 is 2.00 bits per heavy atom. The van der Waals surface area contributed by atoms with Crippen molar-refractivity contribution in [3.8, 4) is 23.0 Å². The quantitative estimate of drug-likeness (QED) is 0.429. The third kappa shape index (κ3) is 3.55. The zero-order valence-corrected chi connectivity index (χ0v) is 19.1. The predicted molar refractivity (Wildman–Crippen MR) is 132 cm³/mol. The molecule has 0 spiro atoms. The van der Waals surface area contributed by atoms with Gasteiger partial charge in [-0.05, 0) is 50.1 Å². The van der Waals surface area contributed by atoms with Crippen molar-refractivity contribution in [3.63, 3.8) is 0 Å². The van der Waals surface area contributed by atoms with Crippen LogP contribution in [-0.2, 0) is 0 Å². The predicted octanol–water partition coefficient (Wildman–Crippen LogP) is 3.24. The van der Waals surface area contributed by atoms with Crippen LogP contribution in [0.5, 0.6) is 0 Å². The molecule has 0 radical (unpaired) electrons. The zero-order valence-electron chi connectivity index (χ0n) is 19.1. The second-order valence-corrected chi connectivity index (χ2v) is 9.30. The van der Waals surface area contributed by atoms with Crippen molar-refractivity contribution >= 4 is 10.8 Å². The van der Waals surface area contributed by atoms with Gasteiger partial charge in [-0.25, -0.2) is 15.0 Å². The van der Waals surface area contributed by atoms with Crippen molar-refractivity contribution in [1.29, 1.82) is 0 Å². The van der Waals surface area contributed by atoms with E-state index in [1.807, 2.05) is 47.4 Å². The first-order valence-corrected chi connectivity index (χ1v) is 12.0. The molecule has 1 atom stereocenters. The normalized spacial score (nSPS) is 17.9. The molecule has 4 aromatic heterocycles. The van der Waals surface area contributed by atoms with Gasteiger partial charge in [-0.3, -0.25) is 4.79 Å². The lowest BCUT2D eigenvalue weighted by Gasteiger charge is -2.14. The summed E-state index contributed by atoms with van der Waals surface area (Å²) in [7, 11) is 0. The number of hydrogen-bond donors (Lipinski definition) is 1. The van der Waals surface area contributed by atoms with E-state index < -0.39 is 0 Å². The minimum Gasteiger partial charge on any atom is -0.325 e. The molecule has 9 nitrogen and oxygen atoms in total. The first-order chi connectivity index (χ1) is 17.2. The summed E-state index contributed by atoms with van der Waals surface area (Å²) < 4.78 is 5.51. The highest BCUT2D eigenvalue weighted by atomic mass is 16.1. The molecule has 0 amide bonds. The van der Waals surface area contributed by atoms with Crippen molar-refractivity contribution in [3.05, 3.63) is 83.6 Å². The fourth-order valence-electron chi connectivity index (χ4n) is 4.87. The third-order valence-electron chi connectivity index (χ3n) is 6.95. The average molecular weight is 465 g/mol. The van der Waals surface area contributed by atoms with Crippen molar-refractivity contribution in [2.45, 2.75) is 31.2 Å². The molecule has 1 aliphatic carbocycles. The molecular formula is C26H24N8O. The Hall–Kier alpha value is -4.11. The van der Waals surface area contributed by atoms with Crippen LogP contribution >= 0.6 is 0 Å². The summed E-state index contributed by atoms with van der Waals surface area (Å²) in [5.74, 6) is 1.85. The Kier molecular flexibility index (Phi) is 4.63. The van der Waals surface area contributed by atoms with Gasteiger partial charge in [0.25, 0.3) is 5.56 Å². The standard InChI is InChI=1S/C26H24N8O/c35-26-21-12-19(32-15-23(29-16-32)17-4-5-17)7-6-18(21)13-30-34(26)24-3-1-2-22(31-24)25-28-10-11-33(25)20-8-9-27-14-20/h1-3,6-7,10-13,15-17,20,27H,4-5,8-9,14H2. The molecule has 1 saturated carbocycles. The van der Waals surface area contributed by atoms with Crippen LogP contribution in [0.2, 0.25) is 0 Å². The summed E-state index contributed by atoms with van der Waals surface area (Å²) in [5.41, 5.74) is 2.53. The summed E-state index contributed by atoms with van der Waals surface area (Å²) in [5, 5.41) is 9.20. The van der Waals surface area contributed by atoms with E-state index in [1.54, 1.807) is 18.5 Å². The van der Waals surface area contributed by atoms with Crippen molar-refractivity contribution in [2.24, 2.45) is 0 Å². The Balaban J connectivity index is 1.28. The van der Waals surface area contributed by atoms with Gasteiger partial charge in [0, 0.05) is 48.2 Å². The zero-order chi connectivity index (χ0) is 23.4. The topological polar surface area (TPSA) is 95.5 Å².